The topological polar surface area (TPSA) is 44.8 Å². The Labute approximate surface area is 121 Å². The monoisotopic (exact) mass is 282 g/mol. The predicted molar refractivity (Wildman–Crippen MR) is 75.9 cm³/mol. The maximum Gasteiger partial charge on any atom is 0.334 e. The molecule has 1 heterocycles. The van der Waals surface area contributed by atoms with Crippen LogP contribution in [0.25, 0.3) is 0 Å². The predicted octanol–water partition coefficient (Wildman–Crippen LogP) is 3.41. The molecular weight excluding hydrogens is 256 g/mol. The van der Waals surface area contributed by atoms with Crippen molar-refractivity contribution in [1.29, 1.82) is 0 Å². The lowest BCUT2D eigenvalue weighted by atomic mass is 9.96. The van der Waals surface area contributed by atoms with Crippen LogP contribution >= 0.6 is 0 Å². The van der Waals surface area contributed by atoms with E-state index in [1.807, 2.05) is 0 Å². The Kier molecular flexibility index (Phi) is 4.74. The summed E-state index contributed by atoms with van der Waals surface area (Å²) in [5.41, 5.74) is 0. The first-order valence-electron chi connectivity index (χ1n) is 7.66. The number of ether oxygens (including phenoxy) is 3. The normalized spacial score (nSPS) is 23.2. The summed E-state index contributed by atoms with van der Waals surface area (Å²) in [6.45, 7) is 8.63. The lowest BCUT2D eigenvalue weighted by Gasteiger charge is -2.24. The zero-order valence-corrected chi connectivity index (χ0v) is 13.0. The largest absolute Gasteiger partial charge is 0.464 e. The second-order valence-electron chi connectivity index (χ2n) is 6.51. The zero-order chi connectivity index (χ0) is 14.8. The molecule has 1 saturated heterocycles. The maximum absolute atomic E-state index is 12.0. The van der Waals surface area contributed by atoms with Crippen molar-refractivity contribution in [2.24, 2.45) is 11.8 Å². The summed E-state index contributed by atoms with van der Waals surface area (Å²) in [7, 11) is 0. The highest BCUT2D eigenvalue weighted by atomic mass is 16.7. The van der Waals surface area contributed by atoms with E-state index in [0.717, 1.165) is 25.7 Å². The molecule has 2 rings (SSSR count). The fourth-order valence-corrected chi connectivity index (χ4v) is 3.07. The third-order valence-corrected chi connectivity index (χ3v) is 4.01. The highest BCUT2D eigenvalue weighted by Crippen LogP contribution is 2.40. The Morgan fingerprint density at radius 2 is 1.80 bits per heavy atom. The van der Waals surface area contributed by atoms with Crippen molar-refractivity contribution < 1.29 is 19.0 Å². The smallest absolute Gasteiger partial charge is 0.334 e. The van der Waals surface area contributed by atoms with Crippen LogP contribution in [0.5, 0.6) is 0 Å². The maximum atomic E-state index is 12.0. The molecule has 0 bridgehead atoms. The minimum Gasteiger partial charge on any atom is -0.464 e. The van der Waals surface area contributed by atoms with Gasteiger partial charge in [0.2, 0.25) is 5.79 Å². The molecule has 0 aromatic carbocycles. The first kappa shape index (κ1) is 15.4. The van der Waals surface area contributed by atoms with Gasteiger partial charge in [-0.1, -0.05) is 27.7 Å². The Balaban J connectivity index is 1.92. The highest BCUT2D eigenvalue weighted by Gasteiger charge is 2.42. The van der Waals surface area contributed by atoms with Crippen LogP contribution in [-0.2, 0) is 19.0 Å². The highest BCUT2D eigenvalue weighted by molar-refractivity contribution is 5.82. The molecule has 0 radical (unpaired) electrons. The average Bonchev–Trinajstić information content (AvgIpc) is 2.97. The van der Waals surface area contributed by atoms with Gasteiger partial charge in [-0.05, 0) is 24.7 Å². The Hall–Kier alpha value is -1.03. The van der Waals surface area contributed by atoms with Crippen molar-refractivity contribution in [2.75, 3.05) is 6.61 Å². The number of carbonyl (C=O) groups excluding carboxylic acids is 1. The van der Waals surface area contributed by atoms with Gasteiger partial charge < -0.3 is 14.2 Å². The quantitative estimate of drug-likeness (QED) is 0.585. The molecule has 0 atom stereocenters. The van der Waals surface area contributed by atoms with Gasteiger partial charge >= 0.3 is 5.97 Å². The van der Waals surface area contributed by atoms with Gasteiger partial charge in [0.1, 0.15) is 18.5 Å². The molecule has 114 valence electrons. The summed E-state index contributed by atoms with van der Waals surface area (Å²) in [5, 5.41) is 0. The van der Waals surface area contributed by atoms with Crippen molar-refractivity contribution in [3.05, 3.63) is 11.8 Å². The summed E-state index contributed by atoms with van der Waals surface area (Å²) in [4.78, 5) is 12.0. The van der Waals surface area contributed by atoms with E-state index in [9.17, 15) is 4.79 Å². The third kappa shape index (κ3) is 3.54. The fraction of sp³-hybridized carbons (Fsp3) is 0.812. The van der Waals surface area contributed by atoms with E-state index in [2.05, 4.69) is 27.7 Å². The average molecular weight is 282 g/mol. The summed E-state index contributed by atoms with van der Waals surface area (Å²) < 4.78 is 17.1. The molecule has 2 fully saturated rings. The van der Waals surface area contributed by atoms with E-state index in [1.54, 1.807) is 0 Å². The molecule has 1 aliphatic heterocycles. The van der Waals surface area contributed by atoms with E-state index >= 15 is 0 Å². The van der Waals surface area contributed by atoms with Crippen LogP contribution in [0.2, 0.25) is 0 Å². The number of hydrogen-bond acceptors (Lipinski definition) is 4. The molecule has 1 spiro atoms. The molecule has 4 nitrogen and oxygen atoms in total. The summed E-state index contributed by atoms with van der Waals surface area (Å²) >= 11 is 0. The van der Waals surface area contributed by atoms with Crippen molar-refractivity contribution >= 4 is 5.97 Å². The van der Waals surface area contributed by atoms with Gasteiger partial charge in [-0.3, -0.25) is 0 Å². The van der Waals surface area contributed by atoms with Gasteiger partial charge in [0.05, 0.1) is 6.08 Å². The Morgan fingerprint density at radius 3 is 2.35 bits per heavy atom. The first-order chi connectivity index (χ1) is 9.42. The fourth-order valence-electron chi connectivity index (χ4n) is 3.07. The first-order valence-corrected chi connectivity index (χ1v) is 7.66. The lowest BCUT2D eigenvalue weighted by Crippen LogP contribution is -2.28. The summed E-state index contributed by atoms with van der Waals surface area (Å²) in [5.74, 6) is 0.425. The molecule has 1 aliphatic carbocycles. The van der Waals surface area contributed by atoms with E-state index in [1.165, 1.54) is 6.08 Å². The number of esters is 1. The summed E-state index contributed by atoms with van der Waals surface area (Å²) in [6.07, 6.45) is 5.47. The minimum atomic E-state index is -0.457. The van der Waals surface area contributed by atoms with Gasteiger partial charge in [0.15, 0.2) is 0 Å². The van der Waals surface area contributed by atoms with Crippen molar-refractivity contribution in [3.63, 3.8) is 0 Å². The van der Waals surface area contributed by atoms with Gasteiger partial charge in [0, 0.05) is 12.8 Å². The van der Waals surface area contributed by atoms with E-state index in [-0.39, 0.29) is 12.1 Å². The van der Waals surface area contributed by atoms with Crippen LogP contribution in [0.3, 0.4) is 0 Å². The molecule has 0 aromatic rings. The Morgan fingerprint density at radius 1 is 1.20 bits per heavy atom. The minimum absolute atomic E-state index is 0.0675. The van der Waals surface area contributed by atoms with Crippen LogP contribution in [0.1, 0.15) is 53.4 Å². The molecule has 0 N–H and O–H groups in total. The number of carbonyl (C=O) groups is 1. The Bertz CT molecular complexity index is 370. The standard InChI is InChI=1S/C16H26O4/c1-11(2)15(12(3)4)19-14(17)9-13-10-18-16(20-13)7-5-6-8-16/h9,11-12,15H,5-8,10H2,1-4H3/b13-9-. The van der Waals surface area contributed by atoms with Crippen LogP contribution in [0.4, 0.5) is 0 Å². The van der Waals surface area contributed by atoms with Crippen LogP contribution in [0.15, 0.2) is 11.8 Å². The molecule has 0 aromatic heterocycles. The van der Waals surface area contributed by atoms with E-state index in [4.69, 9.17) is 14.2 Å². The van der Waals surface area contributed by atoms with Crippen molar-refractivity contribution in [3.8, 4) is 0 Å². The van der Waals surface area contributed by atoms with Gasteiger partial charge in [-0.25, -0.2) is 4.79 Å². The summed E-state index contributed by atoms with van der Waals surface area (Å²) in [6, 6.07) is 0. The van der Waals surface area contributed by atoms with Gasteiger partial charge in [-0.2, -0.15) is 0 Å². The molecule has 4 heteroatoms. The molecule has 2 aliphatic rings. The lowest BCUT2D eigenvalue weighted by molar-refractivity contribution is -0.149. The number of rotatable bonds is 4. The van der Waals surface area contributed by atoms with Crippen molar-refractivity contribution in [2.45, 2.75) is 65.3 Å². The van der Waals surface area contributed by atoms with Crippen LogP contribution < -0.4 is 0 Å². The SMILES string of the molecule is CC(C)C(OC(=O)/C=C1/COC2(CCCC2)O1)C(C)C. The number of hydrogen-bond donors (Lipinski definition) is 0. The van der Waals surface area contributed by atoms with Gasteiger partial charge in [0.25, 0.3) is 0 Å². The zero-order valence-electron chi connectivity index (χ0n) is 13.0. The molecular formula is C16H26O4. The van der Waals surface area contributed by atoms with Gasteiger partial charge in [-0.15, -0.1) is 0 Å². The molecule has 0 amide bonds. The van der Waals surface area contributed by atoms with Crippen molar-refractivity contribution in [1.82, 2.24) is 0 Å². The van der Waals surface area contributed by atoms with Crippen LogP contribution in [0, 0.1) is 11.8 Å². The van der Waals surface area contributed by atoms with E-state index in [0.29, 0.717) is 24.2 Å². The second kappa shape index (κ2) is 6.17. The molecule has 20 heavy (non-hydrogen) atoms. The third-order valence-electron chi connectivity index (χ3n) is 4.01. The van der Waals surface area contributed by atoms with Crippen LogP contribution in [-0.4, -0.2) is 24.5 Å². The molecule has 1 saturated carbocycles. The van der Waals surface area contributed by atoms with E-state index < -0.39 is 5.79 Å². The molecule has 0 unspecified atom stereocenters. The second-order valence-corrected chi connectivity index (χ2v) is 6.51.